The SMILES string of the molecule is CC(C)(C)[C@@H](NCC(=O)N[C@](C)(C#N)C1CC1)c1ccccc1. The van der Waals surface area contributed by atoms with Crippen LogP contribution in [0.15, 0.2) is 30.3 Å². The molecular formula is C19H27N3O. The molecule has 0 aliphatic heterocycles. The van der Waals surface area contributed by atoms with Crippen LogP contribution in [0.2, 0.25) is 0 Å². The molecular weight excluding hydrogens is 286 g/mol. The molecule has 1 saturated carbocycles. The van der Waals surface area contributed by atoms with Crippen LogP contribution in [0.4, 0.5) is 0 Å². The number of nitrogens with one attached hydrogen (secondary N) is 2. The first-order valence-corrected chi connectivity index (χ1v) is 8.27. The molecule has 1 amide bonds. The lowest BCUT2D eigenvalue weighted by atomic mass is 9.82. The Labute approximate surface area is 139 Å². The number of carbonyl (C=O) groups excluding carboxylic acids is 1. The van der Waals surface area contributed by atoms with Crippen molar-refractivity contribution in [2.45, 2.75) is 52.1 Å². The summed E-state index contributed by atoms with van der Waals surface area (Å²) >= 11 is 0. The standard InChI is InChI=1S/C19H27N3O/c1-18(2,3)17(14-8-6-5-7-9-14)21-12-16(23)22-19(4,13-20)15-10-11-15/h5-9,15,17,21H,10-12H2,1-4H3,(H,22,23)/t17-,19+/m0/s1. The summed E-state index contributed by atoms with van der Waals surface area (Å²) in [5.74, 6) is 0.176. The summed E-state index contributed by atoms with van der Waals surface area (Å²) in [7, 11) is 0. The fourth-order valence-electron chi connectivity index (χ4n) is 2.98. The molecule has 1 aliphatic rings. The van der Waals surface area contributed by atoms with Crippen molar-refractivity contribution in [2.24, 2.45) is 11.3 Å². The molecule has 0 radical (unpaired) electrons. The zero-order chi connectivity index (χ0) is 17.1. The highest BCUT2D eigenvalue weighted by molar-refractivity contribution is 5.79. The van der Waals surface area contributed by atoms with E-state index >= 15 is 0 Å². The first kappa shape index (κ1) is 17.5. The normalized spacial score (nSPS) is 18.6. The number of nitriles is 1. The van der Waals surface area contributed by atoms with Gasteiger partial charge in [0.1, 0.15) is 5.54 Å². The number of benzene rings is 1. The van der Waals surface area contributed by atoms with E-state index in [-0.39, 0.29) is 23.9 Å². The van der Waals surface area contributed by atoms with Gasteiger partial charge in [0, 0.05) is 6.04 Å². The van der Waals surface area contributed by atoms with Gasteiger partial charge in [-0.15, -0.1) is 0 Å². The van der Waals surface area contributed by atoms with Crippen LogP contribution >= 0.6 is 0 Å². The van der Waals surface area contributed by atoms with Crippen molar-refractivity contribution in [3.8, 4) is 6.07 Å². The van der Waals surface area contributed by atoms with Gasteiger partial charge in [-0.25, -0.2) is 0 Å². The third kappa shape index (κ3) is 4.56. The molecule has 0 saturated heterocycles. The lowest BCUT2D eigenvalue weighted by Crippen LogP contribution is -2.50. The molecule has 1 fully saturated rings. The highest BCUT2D eigenvalue weighted by Crippen LogP contribution is 2.39. The van der Waals surface area contributed by atoms with Gasteiger partial charge in [0.05, 0.1) is 12.6 Å². The van der Waals surface area contributed by atoms with E-state index in [1.165, 1.54) is 0 Å². The highest BCUT2D eigenvalue weighted by atomic mass is 16.2. The molecule has 4 heteroatoms. The molecule has 124 valence electrons. The molecule has 2 atom stereocenters. The minimum Gasteiger partial charge on any atom is -0.337 e. The maximum Gasteiger partial charge on any atom is 0.235 e. The van der Waals surface area contributed by atoms with E-state index in [4.69, 9.17) is 0 Å². The van der Waals surface area contributed by atoms with Gasteiger partial charge in [0.25, 0.3) is 0 Å². The number of carbonyl (C=O) groups is 1. The van der Waals surface area contributed by atoms with E-state index < -0.39 is 5.54 Å². The topological polar surface area (TPSA) is 64.9 Å². The summed E-state index contributed by atoms with van der Waals surface area (Å²) in [4.78, 5) is 12.3. The van der Waals surface area contributed by atoms with Gasteiger partial charge in [-0.3, -0.25) is 4.79 Å². The molecule has 0 heterocycles. The summed E-state index contributed by atoms with van der Waals surface area (Å²) in [6, 6.07) is 12.5. The van der Waals surface area contributed by atoms with Crippen molar-refractivity contribution in [1.82, 2.24) is 10.6 Å². The predicted octanol–water partition coefficient (Wildman–Crippen LogP) is 3.17. The van der Waals surface area contributed by atoms with E-state index in [2.05, 4.69) is 49.6 Å². The third-order valence-corrected chi connectivity index (χ3v) is 4.49. The van der Waals surface area contributed by atoms with Crippen molar-refractivity contribution < 1.29 is 4.79 Å². The summed E-state index contributed by atoms with van der Waals surface area (Å²) < 4.78 is 0. The van der Waals surface area contributed by atoms with Crippen LogP contribution < -0.4 is 10.6 Å². The minimum absolute atomic E-state index is 0.0172. The van der Waals surface area contributed by atoms with Crippen LogP contribution in [0, 0.1) is 22.7 Å². The molecule has 2 rings (SSSR count). The van der Waals surface area contributed by atoms with E-state index in [9.17, 15) is 10.1 Å². The molecule has 1 aromatic carbocycles. The van der Waals surface area contributed by atoms with Gasteiger partial charge in [-0.2, -0.15) is 5.26 Å². The van der Waals surface area contributed by atoms with Crippen LogP contribution in [-0.4, -0.2) is 18.0 Å². The van der Waals surface area contributed by atoms with Crippen molar-refractivity contribution in [1.29, 1.82) is 5.26 Å². The third-order valence-electron chi connectivity index (χ3n) is 4.49. The lowest BCUT2D eigenvalue weighted by molar-refractivity contribution is -0.121. The summed E-state index contributed by atoms with van der Waals surface area (Å²) in [6.45, 7) is 8.49. The van der Waals surface area contributed by atoms with Crippen molar-refractivity contribution in [2.75, 3.05) is 6.54 Å². The second-order valence-electron chi connectivity index (χ2n) is 7.73. The Bertz CT molecular complexity index is 581. The van der Waals surface area contributed by atoms with E-state index in [1.54, 1.807) is 0 Å². The highest BCUT2D eigenvalue weighted by Gasteiger charge is 2.43. The first-order chi connectivity index (χ1) is 10.8. The maximum atomic E-state index is 12.3. The van der Waals surface area contributed by atoms with E-state index in [0.717, 1.165) is 18.4 Å². The predicted molar refractivity (Wildman–Crippen MR) is 91.5 cm³/mol. The Kier molecular flexibility index (Phi) is 5.11. The Hall–Kier alpha value is -1.86. The number of nitrogens with zero attached hydrogens (tertiary/aromatic N) is 1. The average molecular weight is 313 g/mol. The monoisotopic (exact) mass is 313 g/mol. The number of hydrogen-bond acceptors (Lipinski definition) is 3. The Morgan fingerprint density at radius 2 is 1.87 bits per heavy atom. The molecule has 1 aliphatic carbocycles. The molecule has 0 unspecified atom stereocenters. The molecule has 2 N–H and O–H groups in total. The Balaban J connectivity index is 1.99. The summed E-state index contributed by atoms with van der Waals surface area (Å²) in [5.41, 5.74) is 0.414. The zero-order valence-corrected chi connectivity index (χ0v) is 14.5. The fraction of sp³-hybridized carbons (Fsp3) is 0.579. The van der Waals surface area contributed by atoms with Gasteiger partial charge in [0.2, 0.25) is 5.91 Å². The zero-order valence-electron chi connectivity index (χ0n) is 14.5. The van der Waals surface area contributed by atoms with E-state index in [0.29, 0.717) is 5.92 Å². The Morgan fingerprint density at radius 3 is 2.35 bits per heavy atom. The number of amides is 1. The second-order valence-corrected chi connectivity index (χ2v) is 7.73. The minimum atomic E-state index is -0.733. The van der Waals surface area contributed by atoms with Crippen molar-refractivity contribution in [3.63, 3.8) is 0 Å². The molecule has 0 spiro atoms. The first-order valence-electron chi connectivity index (χ1n) is 8.27. The van der Waals surface area contributed by atoms with Gasteiger partial charge in [-0.05, 0) is 36.7 Å². The molecule has 0 bridgehead atoms. The van der Waals surface area contributed by atoms with E-state index in [1.807, 2.05) is 25.1 Å². The summed E-state index contributed by atoms with van der Waals surface area (Å²) in [6.07, 6.45) is 2.04. The van der Waals surface area contributed by atoms with Crippen LogP contribution in [0.1, 0.15) is 52.1 Å². The second kappa shape index (κ2) is 6.72. The largest absolute Gasteiger partial charge is 0.337 e. The molecule has 4 nitrogen and oxygen atoms in total. The van der Waals surface area contributed by atoms with Gasteiger partial charge in [0.15, 0.2) is 0 Å². The van der Waals surface area contributed by atoms with Gasteiger partial charge in [-0.1, -0.05) is 51.1 Å². The van der Waals surface area contributed by atoms with Gasteiger partial charge >= 0.3 is 0 Å². The maximum absolute atomic E-state index is 12.3. The van der Waals surface area contributed by atoms with Crippen molar-refractivity contribution >= 4 is 5.91 Å². The van der Waals surface area contributed by atoms with Gasteiger partial charge < -0.3 is 10.6 Å². The lowest BCUT2D eigenvalue weighted by Gasteiger charge is -2.32. The van der Waals surface area contributed by atoms with Crippen LogP contribution in [0.25, 0.3) is 0 Å². The molecule has 1 aromatic rings. The number of rotatable bonds is 6. The fourth-order valence-corrected chi connectivity index (χ4v) is 2.98. The molecule has 23 heavy (non-hydrogen) atoms. The quantitative estimate of drug-likeness (QED) is 0.848. The van der Waals surface area contributed by atoms with Crippen LogP contribution in [-0.2, 0) is 4.79 Å². The molecule has 0 aromatic heterocycles. The summed E-state index contributed by atoms with van der Waals surface area (Å²) in [5, 5.41) is 15.6. The number of hydrogen-bond donors (Lipinski definition) is 2. The van der Waals surface area contributed by atoms with Crippen LogP contribution in [0.5, 0.6) is 0 Å². The Morgan fingerprint density at radius 1 is 1.26 bits per heavy atom. The average Bonchev–Trinajstić information content (AvgIpc) is 3.32. The van der Waals surface area contributed by atoms with Crippen LogP contribution in [0.3, 0.4) is 0 Å². The smallest absolute Gasteiger partial charge is 0.235 e. The van der Waals surface area contributed by atoms with Crippen molar-refractivity contribution in [3.05, 3.63) is 35.9 Å².